The van der Waals surface area contributed by atoms with Gasteiger partial charge < -0.3 is 9.88 Å². The van der Waals surface area contributed by atoms with Gasteiger partial charge in [-0.15, -0.1) is 6.58 Å². The predicted molar refractivity (Wildman–Crippen MR) is 139 cm³/mol. The molecule has 0 saturated heterocycles. The molecule has 0 bridgehead atoms. The lowest BCUT2D eigenvalue weighted by Gasteiger charge is -2.09. The van der Waals surface area contributed by atoms with Crippen LogP contribution < -0.4 is 10.1 Å². The van der Waals surface area contributed by atoms with E-state index in [1.54, 1.807) is 6.08 Å². The fraction of sp³-hybridized carbons (Fsp3) is 0.0370. The average molecular weight is 472 g/mol. The number of hydrogen-bond donors (Lipinski definition) is 1. The summed E-state index contributed by atoms with van der Waals surface area (Å²) < 4.78 is 2.05. The molecule has 0 atom stereocenters. The fourth-order valence-electron chi connectivity index (χ4n) is 3.31. The minimum absolute atomic E-state index is 0.211. The van der Waals surface area contributed by atoms with Crippen LogP contribution in [0.5, 0.6) is 0 Å². The molecule has 1 aromatic heterocycles. The second kappa shape index (κ2) is 10.8. The molecule has 1 amide bonds. The normalized spacial score (nSPS) is 11.6. The number of allylic oxidation sites excluding steroid dienone is 1. The Morgan fingerprint density at radius 1 is 1.03 bits per heavy atom. The van der Waals surface area contributed by atoms with E-state index in [0.29, 0.717) is 16.6 Å². The van der Waals surface area contributed by atoms with Crippen LogP contribution in [0, 0.1) is 0 Å². The third-order valence-electron chi connectivity index (χ3n) is 4.76. The minimum Gasteiger partial charge on any atom is -0.312 e. The number of benzene rings is 3. The van der Waals surface area contributed by atoms with Crippen LogP contribution in [0.15, 0.2) is 109 Å². The maximum absolute atomic E-state index is 12.8. The largest absolute Gasteiger partial charge is 0.312 e. The van der Waals surface area contributed by atoms with Gasteiger partial charge in [-0.1, -0.05) is 95.7 Å². The molecular formula is C27H22ClN3OS. The average Bonchev–Trinajstić information content (AvgIpc) is 3.15. The molecule has 0 radical (unpaired) electrons. The Morgan fingerprint density at radius 2 is 1.76 bits per heavy atom. The van der Waals surface area contributed by atoms with Crippen LogP contribution in [0.25, 0.3) is 17.3 Å². The van der Waals surface area contributed by atoms with E-state index in [0.717, 1.165) is 27.3 Å². The zero-order chi connectivity index (χ0) is 23.0. The van der Waals surface area contributed by atoms with Crippen LogP contribution in [-0.4, -0.2) is 10.5 Å². The van der Waals surface area contributed by atoms with Gasteiger partial charge >= 0.3 is 0 Å². The van der Waals surface area contributed by atoms with Crippen molar-refractivity contribution >= 4 is 45.6 Å². The number of amides is 1. The van der Waals surface area contributed by atoms with Crippen LogP contribution in [-0.2, 0) is 11.3 Å². The minimum atomic E-state index is -0.211. The second-order valence-corrected chi connectivity index (χ2v) is 8.57. The number of carbonyl (C=O) groups is 1. The molecule has 33 heavy (non-hydrogen) atoms. The molecule has 1 N–H and O–H groups in total. The lowest BCUT2D eigenvalue weighted by Crippen LogP contribution is -2.15. The molecule has 0 saturated carbocycles. The number of nitrogens with one attached hydrogen (secondary N) is 1. The fourth-order valence-corrected chi connectivity index (χ4v) is 4.58. The highest BCUT2D eigenvalue weighted by atomic mass is 35.5. The van der Waals surface area contributed by atoms with Gasteiger partial charge in [-0.2, -0.15) is 0 Å². The molecule has 3 aromatic carbocycles. The van der Waals surface area contributed by atoms with Gasteiger partial charge in [0, 0.05) is 23.2 Å². The van der Waals surface area contributed by atoms with Crippen molar-refractivity contribution in [2.24, 2.45) is 4.99 Å². The predicted octanol–water partition coefficient (Wildman–Crippen LogP) is 6.94. The number of anilines is 1. The van der Waals surface area contributed by atoms with Gasteiger partial charge in [0.05, 0.1) is 11.4 Å². The van der Waals surface area contributed by atoms with Gasteiger partial charge in [-0.25, -0.2) is 4.99 Å². The topological polar surface area (TPSA) is 46.4 Å². The van der Waals surface area contributed by atoms with E-state index >= 15 is 0 Å². The maximum Gasteiger partial charge on any atom is 0.249 e. The van der Waals surface area contributed by atoms with Crippen LogP contribution in [0.4, 0.5) is 10.7 Å². The van der Waals surface area contributed by atoms with E-state index in [4.69, 9.17) is 16.6 Å². The number of rotatable bonds is 7. The molecule has 0 spiro atoms. The van der Waals surface area contributed by atoms with E-state index in [2.05, 4.69) is 11.9 Å². The van der Waals surface area contributed by atoms with Gasteiger partial charge in [0.25, 0.3) is 0 Å². The van der Waals surface area contributed by atoms with Crippen molar-refractivity contribution in [3.63, 3.8) is 0 Å². The molecule has 0 aliphatic carbocycles. The first-order chi connectivity index (χ1) is 16.1. The molecule has 6 heteroatoms. The molecule has 1 heterocycles. The highest BCUT2D eigenvalue weighted by Gasteiger charge is 2.16. The summed E-state index contributed by atoms with van der Waals surface area (Å²) >= 11 is 7.57. The van der Waals surface area contributed by atoms with Crippen molar-refractivity contribution in [3.8, 4) is 11.3 Å². The monoisotopic (exact) mass is 471 g/mol. The summed E-state index contributed by atoms with van der Waals surface area (Å²) in [6, 6.07) is 27.0. The van der Waals surface area contributed by atoms with Gasteiger partial charge in [0.2, 0.25) is 5.91 Å². The van der Waals surface area contributed by atoms with Gasteiger partial charge in [-0.05, 0) is 29.8 Å². The summed E-state index contributed by atoms with van der Waals surface area (Å²) in [5, 5.41) is 4.38. The third kappa shape index (κ3) is 5.77. The Balaban J connectivity index is 1.79. The number of thiazole rings is 1. The smallest absolute Gasteiger partial charge is 0.249 e. The summed E-state index contributed by atoms with van der Waals surface area (Å²) in [4.78, 5) is 18.3. The molecule has 4 aromatic rings. The van der Waals surface area contributed by atoms with Crippen molar-refractivity contribution in [1.82, 2.24) is 4.57 Å². The lowest BCUT2D eigenvalue weighted by atomic mass is 10.1. The molecule has 0 aliphatic rings. The summed E-state index contributed by atoms with van der Waals surface area (Å²) in [5.74, 6) is -0.211. The van der Waals surface area contributed by atoms with E-state index in [9.17, 15) is 4.79 Å². The van der Waals surface area contributed by atoms with Gasteiger partial charge in [0.15, 0.2) is 4.80 Å². The highest BCUT2D eigenvalue weighted by molar-refractivity contribution is 7.14. The van der Waals surface area contributed by atoms with Gasteiger partial charge in [-0.3, -0.25) is 4.79 Å². The quantitative estimate of drug-likeness (QED) is 0.230. The van der Waals surface area contributed by atoms with Crippen LogP contribution in [0.3, 0.4) is 0 Å². The number of aromatic nitrogens is 1. The Hall–Kier alpha value is -3.67. The molecular weight excluding hydrogens is 450 g/mol. The second-order valence-electron chi connectivity index (χ2n) is 7.15. The molecule has 4 rings (SSSR count). The SMILES string of the molecule is C=CCn1c(-c2ccccc2)c(NC(=O)/C=C/c2ccccc2)sc1=Nc1cccc(Cl)c1. The van der Waals surface area contributed by atoms with E-state index in [-0.39, 0.29) is 5.91 Å². The first kappa shape index (κ1) is 22.5. The van der Waals surface area contributed by atoms with Crippen LogP contribution in [0.2, 0.25) is 5.02 Å². The van der Waals surface area contributed by atoms with E-state index in [1.165, 1.54) is 17.4 Å². The van der Waals surface area contributed by atoms with Crippen molar-refractivity contribution in [2.45, 2.75) is 6.54 Å². The summed E-state index contributed by atoms with van der Waals surface area (Å²) in [7, 11) is 0. The molecule has 0 unspecified atom stereocenters. The Morgan fingerprint density at radius 3 is 2.45 bits per heavy atom. The molecule has 0 fully saturated rings. The highest BCUT2D eigenvalue weighted by Crippen LogP contribution is 2.31. The lowest BCUT2D eigenvalue weighted by molar-refractivity contribution is -0.111. The van der Waals surface area contributed by atoms with E-state index in [1.807, 2.05) is 95.6 Å². The molecule has 164 valence electrons. The maximum atomic E-state index is 12.8. The Kier molecular flexibility index (Phi) is 7.35. The Bertz CT molecular complexity index is 1360. The number of nitrogens with zero attached hydrogens (tertiary/aromatic N) is 2. The zero-order valence-corrected chi connectivity index (χ0v) is 19.4. The summed E-state index contributed by atoms with van der Waals surface area (Å²) in [6.07, 6.45) is 5.15. The number of carbonyl (C=O) groups excluding carboxylic acids is 1. The van der Waals surface area contributed by atoms with Crippen molar-refractivity contribution in [3.05, 3.63) is 119 Å². The third-order valence-corrected chi connectivity index (χ3v) is 5.99. The Labute approximate surface area is 201 Å². The van der Waals surface area contributed by atoms with Crippen molar-refractivity contribution in [2.75, 3.05) is 5.32 Å². The van der Waals surface area contributed by atoms with Crippen molar-refractivity contribution < 1.29 is 4.79 Å². The van der Waals surface area contributed by atoms with Crippen LogP contribution >= 0.6 is 22.9 Å². The van der Waals surface area contributed by atoms with Crippen molar-refractivity contribution in [1.29, 1.82) is 0 Å². The van der Waals surface area contributed by atoms with Gasteiger partial charge in [0.1, 0.15) is 5.00 Å². The molecule has 4 nitrogen and oxygen atoms in total. The first-order valence-electron chi connectivity index (χ1n) is 10.4. The van der Waals surface area contributed by atoms with E-state index < -0.39 is 0 Å². The first-order valence-corrected chi connectivity index (χ1v) is 11.6. The summed E-state index contributed by atoms with van der Waals surface area (Å²) in [5.41, 5.74) is 3.55. The number of hydrogen-bond acceptors (Lipinski definition) is 3. The zero-order valence-electron chi connectivity index (χ0n) is 17.8. The van der Waals surface area contributed by atoms with Crippen LogP contribution in [0.1, 0.15) is 5.56 Å². The molecule has 0 aliphatic heterocycles. The summed E-state index contributed by atoms with van der Waals surface area (Å²) in [6.45, 7) is 4.45. The number of halogens is 1. The standard InChI is InChI=1S/C27H22ClN3OS/c1-2-18-31-25(21-12-7-4-8-13-21)26(30-24(32)17-16-20-10-5-3-6-11-20)33-27(31)29-23-15-9-14-22(28)19-23/h2-17,19H,1,18H2,(H,30,32)/b17-16+,29-27?.